The minimum Gasteiger partial charge on any atom is -0.490 e. The van der Waals surface area contributed by atoms with Crippen molar-refractivity contribution in [1.29, 1.82) is 0 Å². The van der Waals surface area contributed by atoms with Gasteiger partial charge in [-0.05, 0) is 69.4 Å². The predicted molar refractivity (Wildman–Crippen MR) is 121 cm³/mol. The van der Waals surface area contributed by atoms with E-state index in [2.05, 4.69) is 16.2 Å². The summed E-state index contributed by atoms with van der Waals surface area (Å²) in [5.41, 5.74) is 5.46. The fraction of sp³-hybridized carbons (Fsp3) is 0.273. The van der Waals surface area contributed by atoms with Crippen LogP contribution in [0.25, 0.3) is 0 Å². The van der Waals surface area contributed by atoms with E-state index in [1.165, 1.54) is 12.1 Å². The largest absolute Gasteiger partial charge is 0.490 e. The van der Waals surface area contributed by atoms with Crippen molar-refractivity contribution in [1.82, 2.24) is 16.2 Å². The van der Waals surface area contributed by atoms with E-state index in [1.54, 1.807) is 43.3 Å². The van der Waals surface area contributed by atoms with Gasteiger partial charge < -0.3 is 14.2 Å². The molecule has 0 aliphatic heterocycles. The average Bonchev–Trinajstić information content (AvgIpc) is 2.76. The fourth-order valence-corrected chi connectivity index (χ4v) is 2.57. The molecule has 32 heavy (non-hydrogen) atoms. The second-order valence-electron chi connectivity index (χ2n) is 6.65. The number of para-hydroxylation sites is 1. The van der Waals surface area contributed by atoms with E-state index in [-0.39, 0.29) is 24.4 Å². The highest BCUT2D eigenvalue weighted by Gasteiger charge is 2.15. The lowest BCUT2D eigenvalue weighted by Gasteiger charge is -2.15. The number of thiocarbonyl (C=S) groups is 1. The van der Waals surface area contributed by atoms with Gasteiger partial charge in [0.2, 0.25) is 0 Å². The van der Waals surface area contributed by atoms with Gasteiger partial charge in [-0.15, -0.1) is 0 Å². The lowest BCUT2D eigenvalue weighted by molar-refractivity contribution is -0.123. The molecule has 0 aliphatic carbocycles. The third kappa shape index (κ3) is 7.88. The molecule has 0 bridgehead atoms. The van der Waals surface area contributed by atoms with Gasteiger partial charge in [-0.1, -0.05) is 12.1 Å². The Morgan fingerprint density at radius 1 is 1.00 bits per heavy atom. The van der Waals surface area contributed by atoms with Crippen LogP contribution < -0.4 is 25.6 Å². The Kier molecular flexibility index (Phi) is 9.43. The lowest BCUT2D eigenvalue weighted by Crippen LogP contribution is -2.49. The third-order valence-electron chi connectivity index (χ3n) is 3.77. The number of amides is 2. The highest BCUT2D eigenvalue weighted by atomic mass is 32.1. The highest BCUT2D eigenvalue weighted by Crippen LogP contribution is 2.19. The van der Waals surface area contributed by atoms with E-state index in [1.807, 2.05) is 13.8 Å². The van der Waals surface area contributed by atoms with Gasteiger partial charge in [-0.3, -0.25) is 25.8 Å². The van der Waals surface area contributed by atoms with Crippen LogP contribution in [0.15, 0.2) is 48.5 Å². The van der Waals surface area contributed by atoms with Gasteiger partial charge in [-0.2, -0.15) is 0 Å². The minimum atomic E-state index is -0.528. The minimum absolute atomic E-state index is 0.0958. The van der Waals surface area contributed by atoms with Crippen molar-refractivity contribution in [3.8, 4) is 11.5 Å². The lowest BCUT2D eigenvalue weighted by atomic mass is 10.2. The Hall–Kier alpha value is -3.66. The molecular formula is C22H25N3O6S. The van der Waals surface area contributed by atoms with E-state index >= 15 is 0 Å². The molecule has 0 heterocycles. The number of rotatable bonds is 8. The maximum Gasteiger partial charge on any atom is 0.338 e. The van der Waals surface area contributed by atoms with Crippen LogP contribution in [0.4, 0.5) is 0 Å². The van der Waals surface area contributed by atoms with Gasteiger partial charge in [0.05, 0.1) is 23.8 Å². The number of hydrogen-bond donors (Lipinski definition) is 3. The first-order chi connectivity index (χ1) is 15.3. The van der Waals surface area contributed by atoms with Gasteiger partial charge in [0.25, 0.3) is 11.8 Å². The molecule has 10 heteroatoms. The van der Waals surface area contributed by atoms with Crippen LogP contribution in [-0.4, -0.2) is 42.2 Å². The van der Waals surface area contributed by atoms with Crippen molar-refractivity contribution in [3.63, 3.8) is 0 Å². The Morgan fingerprint density at radius 2 is 1.69 bits per heavy atom. The average molecular weight is 460 g/mol. The molecule has 2 aromatic carbocycles. The van der Waals surface area contributed by atoms with Crippen molar-refractivity contribution in [3.05, 3.63) is 59.7 Å². The molecule has 0 saturated carbocycles. The normalized spacial score (nSPS) is 10.1. The second kappa shape index (κ2) is 12.3. The first-order valence-corrected chi connectivity index (χ1v) is 10.3. The number of esters is 1. The number of benzene rings is 2. The summed E-state index contributed by atoms with van der Waals surface area (Å²) in [6.45, 7) is 5.40. The molecule has 0 spiro atoms. The SMILES string of the molecule is CCOC(=O)c1ccc(OCC(=O)NNC(=S)NC(=O)c2ccccc2OC(C)C)cc1. The van der Waals surface area contributed by atoms with Crippen LogP contribution in [0.1, 0.15) is 41.5 Å². The van der Waals surface area contributed by atoms with E-state index in [9.17, 15) is 14.4 Å². The second-order valence-corrected chi connectivity index (χ2v) is 7.06. The molecule has 170 valence electrons. The van der Waals surface area contributed by atoms with Crippen molar-refractivity contribution >= 4 is 35.1 Å². The molecule has 0 atom stereocenters. The molecule has 9 nitrogen and oxygen atoms in total. The Morgan fingerprint density at radius 3 is 2.34 bits per heavy atom. The molecule has 0 saturated heterocycles. The molecule has 2 rings (SSSR count). The molecule has 0 radical (unpaired) electrons. The first kappa shape index (κ1) is 24.6. The summed E-state index contributed by atoms with van der Waals surface area (Å²) in [6, 6.07) is 12.9. The monoisotopic (exact) mass is 459 g/mol. The zero-order valence-electron chi connectivity index (χ0n) is 18.0. The van der Waals surface area contributed by atoms with Crippen LogP contribution in [0.3, 0.4) is 0 Å². The summed E-state index contributed by atoms with van der Waals surface area (Å²) in [5, 5.41) is 2.37. The van der Waals surface area contributed by atoms with Crippen LogP contribution in [0.5, 0.6) is 11.5 Å². The molecule has 2 amide bonds. The zero-order valence-corrected chi connectivity index (χ0v) is 18.8. The quantitative estimate of drug-likeness (QED) is 0.313. The smallest absolute Gasteiger partial charge is 0.338 e. The molecule has 3 N–H and O–H groups in total. The van der Waals surface area contributed by atoms with Crippen molar-refractivity contribution in [2.75, 3.05) is 13.2 Å². The Balaban J connectivity index is 1.78. The van der Waals surface area contributed by atoms with Gasteiger partial charge in [0.15, 0.2) is 11.7 Å². The van der Waals surface area contributed by atoms with Gasteiger partial charge in [-0.25, -0.2) is 4.79 Å². The molecule has 0 fully saturated rings. The van der Waals surface area contributed by atoms with Crippen molar-refractivity contribution in [2.45, 2.75) is 26.9 Å². The Labute approximate surface area is 191 Å². The number of nitrogens with one attached hydrogen (secondary N) is 3. The first-order valence-electron chi connectivity index (χ1n) is 9.86. The summed E-state index contributed by atoms with van der Waals surface area (Å²) in [7, 11) is 0. The van der Waals surface area contributed by atoms with Crippen LogP contribution in [-0.2, 0) is 9.53 Å². The van der Waals surface area contributed by atoms with E-state index in [0.717, 1.165) is 0 Å². The predicted octanol–water partition coefficient (Wildman–Crippen LogP) is 2.37. The highest BCUT2D eigenvalue weighted by molar-refractivity contribution is 7.80. The number of carbonyl (C=O) groups excluding carboxylic acids is 3. The summed E-state index contributed by atoms with van der Waals surface area (Å²) >= 11 is 5.03. The molecule has 0 unspecified atom stereocenters. The summed E-state index contributed by atoms with van der Waals surface area (Å²) in [5.74, 6) is -0.624. The summed E-state index contributed by atoms with van der Waals surface area (Å²) in [4.78, 5) is 36.0. The van der Waals surface area contributed by atoms with Gasteiger partial charge in [0, 0.05) is 0 Å². The molecule has 2 aromatic rings. The van der Waals surface area contributed by atoms with E-state index < -0.39 is 17.8 Å². The van der Waals surface area contributed by atoms with Crippen LogP contribution in [0.2, 0.25) is 0 Å². The van der Waals surface area contributed by atoms with Crippen LogP contribution >= 0.6 is 12.2 Å². The zero-order chi connectivity index (χ0) is 23.5. The maximum atomic E-state index is 12.4. The van der Waals surface area contributed by atoms with Crippen LogP contribution in [0, 0.1) is 0 Å². The fourth-order valence-electron chi connectivity index (χ4n) is 2.43. The number of hydrogen-bond acceptors (Lipinski definition) is 7. The number of hydrazine groups is 1. The molecular weight excluding hydrogens is 434 g/mol. The van der Waals surface area contributed by atoms with Crippen molar-refractivity contribution < 1.29 is 28.6 Å². The third-order valence-corrected chi connectivity index (χ3v) is 3.98. The van der Waals surface area contributed by atoms with Gasteiger partial charge in [0.1, 0.15) is 11.5 Å². The number of carbonyl (C=O) groups is 3. The number of ether oxygens (including phenoxy) is 3. The maximum absolute atomic E-state index is 12.4. The topological polar surface area (TPSA) is 115 Å². The summed E-state index contributed by atoms with van der Waals surface area (Å²) in [6.07, 6.45) is -0.102. The van der Waals surface area contributed by atoms with Crippen molar-refractivity contribution in [2.24, 2.45) is 0 Å². The van der Waals surface area contributed by atoms with E-state index in [0.29, 0.717) is 22.6 Å². The Bertz CT molecular complexity index is 962. The standard InChI is InChI=1S/C22H25N3O6S/c1-4-29-21(28)15-9-11-16(12-10-15)30-13-19(26)24-25-22(32)23-20(27)17-7-5-6-8-18(17)31-14(2)3/h5-12,14H,4,13H2,1-3H3,(H,24,26)(H2,23,25,27,32). The molecule has 0 aliphatic rings. The van der Waals surface area contributed by atoms with Gasteiger partial charge >= 0.3 is 5.97 Å². The van der Waals surface area contributed by atoms with E-state index in [4.69, 9.17) is 26.4 Å². The summed E-state index contributed by atoms with van der Waals surface area (Å²) < 4.78 is 15.9. The molecule has 0 aromatic heterocycles.